The summed E-state index contributed by atoms with van der Waals surface area (Å²) in [5.41, 5.74) is 2.00. The normalized spacial score (nSPS) is 11.4. The Labute approximate surface area is 125 Å². The van der Waals surface area contributed by atoms with Crippen LogP contribution in [0.1, 0.15) is 24.8 Å². The predicted molar refractivity (Wildman–Crippen MR) is 84.0 cm³/mol. The number of hydrogen-bond donors (Lipinski definition) is 1. The van der Waals surface area contributed by atoms with Crippen molar-refractivity contribution in [2.24, 2.45) is 0 Å². The van der Waals surface area contributed by atoms with E-state index < -0.39 is 0 Å². The highest BCUT2D eigenvalue weighted by molar-refractivity contribution is 6.30. The number of rotatable bonds is 7. The summed E-state index contributed by atoms with van der Waals surface area (Å²) >= 11 is 6.26. The summed E-state index contributed by atoms with van der Waals surface area (Å²) in [6.07, 6.45) is 3.03. The Bertz CT molecular complexity index is 559. The molecule has 0 saturated carbocycles. The monoisotopic (exact) mass is 292 g/mol. The first-order valence-electron chi connectivity index (χ1n) is 7.04. The van der Waals surface area contributed by atoms with E-state index in [1.54, 1.807) is 0 Å². The molecular formula is C16H21ClN2O. The molecule has 2 aromatic rings. The second-order valence-electron chi connectivity index (χ2n) is 5.15. The maximum absolute atomic E-state index is 8.76. The summed E-state index contributed by atoms with van der Waals surface area (Å²) in [6, 6.07) is 10.1. The van der Waals surface area contributed by atoms with E-state index in [4.69, 9.17) is 16.7 Å². The standard InChI is InChI=1S/C16H21ClN2O/c1-19(9-5-2-6-10-20)12-14-11-13-7-3-4-8-15(13)18-16(14)17/h3-4,7-8,11,20H,2,5-6,9-10,12H2,1H3. The predicted octanol–water partition coefficient (Wildman–Crippen LogP) is 3.48. The third-order valence-corrected chi connectivity index (χ3v) is 3.72. The lowest BCUT2D eigenvalue weighted by molar-refractivity contribution is 0.271. The van der Waals surface area contributed by atoms with E-state index in [2.05, 4.69) is 29.1 Å². The fourth-order valence-corrected chi connectivity index (χ4v) is 2.49. The molecule has 0 amide bonds. The van der Waals surface area contributed by atoms with Crippen LogP contribution in [-0.2, 0) is 6.54 Å². The summed E-state index contributed by atoms with van der Waals surface area (Å²) in [5.74, 6) is 0. The number of pyridine rings is 1. The molecule has 1 heterocycles. The number of unbranched alkanes of at least 4 members (excludes halogenated alkanes) is 2. The first-order chi connectivity index (χ1) is 9.70. The van der Waals surface area contributed by atoms with Gasteiger partial charge in [0.05, 0.1) is 5.52 Å². The van der Waals surface area contributed by atoms with E-state index in [0.29, 0.717) is 5.15 Å². The fraction of sp³-hybridized carbons (Fsp3) is 0.438. The number of aromatic nitrogens is 1. The van der Waals surface area contributed by atoms with Crippen LogP contribution in [0.5, 0.6) is 0 Å². The SMILES string of the molecule is CN(CCCCCO)Cc1cc2ccccc2nc1Cl. The Kier molecular flexibility index (Phi) is 5.77. The molecule has 0 atom stereocenters. The molecule has 4 heteroatoms. The molecule has 108 valence electrons. The van der Waals surface area contributed by atoms with Crippen molar-refractivity contribution >= 4 is 22.5 Å². The Morgan fingerprint density at radius 1 is 1.20 bits per heavy atom. The van der Waals surface area contributed by atoms with E-state index in [0.717, 1.165) is 48.8 Å². The smallest absolute Gasteiger partial charge is 0.134 e. The molecule has 20 heavy (non-hydrogen) atoms. The van der Waals surface area contributed by atoms with Gasteiger partial charge < -0.3 is 10.0 Å². The Hall–Kier alpha value is -1.16. The van der Waals surface area contributed by atoms with Crippen LogP contribution in [0.25, 0.3) is 10.9 Å². The Morgan fingerprint density at radius 2 is 2.00 bits per heavy atom. The van der Waals surface area contributed by atoms with E-state index in [-0.39, 0.29) is 6.61 Å². The van der Waals surface area contributed by atoms with E-state index in [1.807, 2.05) is 18.2 Å². The maximum atomic E-state index is 8.76. The van der Waals surface area contributed by atoms with E-state index in [9.17, 15) is 0 Å². The van der Waals surface area contributed by atoms with Crippen molar-refractivity contribution in [1.82, 2.24) is 9.88 Å². The minimum Gasteiger partial charge on any atom is -0.396 e. The molecule has 0 fully saturated rings. The zero-order chi connectivity index (χ0) is 14.4. The van der Waals surface area contributed by atoms with Gasteiger partial charge in [-0.3, -0.25) is 0 Å². The van der Waals surface area contributed by atoms with Gasteiger partial charge in [-0.2, -0.15) is 0 Å². The molecule has 1 N–H and O–H groups in total. The van der Waals surface area contributed by atoms with Crippen LogP contribution in [0.2, 0.25) is 5.15 Å². The van der Waals surface area contributed by atoms with Gasteiger partial charge in [0.1, 0.15) is 5.15 Å². The second-order valence-corrected chi connectivity index (χ2v) is 5.51. The van der Waals surface area contributed by atoms with Gasteiger partial charge in [-0.05, 0) is 45.0 Å². The molecule has 0 aliphatic rings. The van der Waals surface area contributed by atoms with Gasteiger partial charge in [0, 0.05) is 24.1 Å². The maximum Gasteiger partial charge on any atom is 0.134 e. The van der Waals surface area contributed by atoms with E-state index >= 15 is 0 Å². The highest BCUT2D eigenvalue weighted by Crippen LogP contribution is 2.21. The van der Waals surface area contributed by atoms with Gasteiger partial charge in [0.2, 0.25) is 0 Å². The molecule has 0 saturated heterocycles. The van der Waals surface area contributed by atoms with Gasteiger partial charge >= 0.3 is 0 Å². The first-order valence-corrected chi connectivity index (χ1v) is 7.42. The van der Waals surface area contributed by atoms with Crippen molar-refractivity contribution in [3.05, 3.63) is 41.0 Å². The van der Waals surface area contributed by atoms with Crippen molar-refractivity contribution in [2.75, 3.05) is 20.2 Å². The Morgan fingerprint density at radius 3 is 2.80 bits per heavy atom. The van der Waals surface area contributed by atoms with Gasteiger partial charge in [-0.15, -0.1) is 0 Å². The number of aliphatic hydroxyl groups excluding tert-OH is 1. The molecule has 0 aliphatic heterocycles. The quantitative estimate of drug-likeness (QED) is 0.627. The molecule has 0 aliphatic carbocycles. The molecule has 1 aromatic carbocycles. The van der Waals surface area contributed by atoms with Crippen LogP contribution in [-0.4, -0.2) is 35.2 Å². The van der Waals surface area contributed by atoms with Crippen molar-refractivity contribution in [1.29, 1.82) is 0 Å². The fourth-order valence-electron chi connectivity index (χ4n) is 2.29. The van der Waals surface area contributed by atoms with Gasteiger partial charge in [0.15, 0.2) is 0 Å². The summed E-state index contributed by atoms with van der Waals surface area (Å²) in [6.45, 7) is 2.09. The van der Waals surface area contributed by atoms with Crippen LogP contribution in [0.4, 0.5) is 0 Å². The number of para-hydroxylation sites is 1. The van der Waals surface area contributed by atoms with Crippen LogP contribution in [0, 0.1) is 0 Å². The topological polar surface area (TPSA) is 36.4 Å². The Balaban J connectivity index is 1.99. The minimum atomic E-state index is 0.282. The first kappa shape index (κ1) is 15.2. The zero-order valence-corrected chi connectivity index (χ0v) is 12.6. The summed E-state index contributed by atoms with van der Waals surface area (Å²) in [5, 5.41) is 10.5. The minimum absolute atomic E-state index is 0.282. The van der Waals surface area contributed by atoms with Crippen LogP contribution in [0.15, 0.2) is 30.3 Å². The number of hydrogen-bond acceptors (Lipinski definition) is 3. The van der Waals surface area contributed by atoms with Gasteiger partial charge in [-0.1, -0.05) is 29.8 Å². The van der Waals surface area contributed by atoms with Crippen molar-refractivity contribution in [3.63, 3.8) is 0 Å². The van der Waals surface area contributed by atoms with Crippen LogP contribution >= 0.6 is 11.6 Å². The lowest BCUT2D eigenvalue weighted by Gasteiger charge is -2.17. The number of benzene rings is 1. The number of nitrogens with zero attached hydrogens (tertiary/aromatic N) is 2. The molecule has 2 rings (SSSR count). The highest BCUT2D eigenvalue weighted by Gasteiger charge is 2.07. The molecule has 3 nitrogen and oxygen atoms in total. The summed E-state index contributed by atoms with van der Waals surface area (Å²) in [7, 11) is 2.09. The molecule has 0 radical (unpaired) electrons. The molecule has 0 bridgehead atoms. The zero-order valence-electron chi connectivity index (χ0n) is 11.8. The molecule has 0 spiro atoms. The second kappa shape index (κ2) is 7.58. The van der Waals surface area contributed by atoms with Crippen LogP contribution < -0.4 is 0 Å². The van der Waals surface area contributed by atoms with E-state index in [1.165, 1.54) is 0 Å². The lowest BCUT2D eigenvalue weighted by atomic mass is 10.1. The largest absolute Gasteiger partial charge is 0.396 e. The summed E-state index contributed by atoms with van der Waals surface area (Å²) in [4.78, 5) is 6.69. The van der Waals surface area contributed by atoms with Crippen molar-refractivity contribution in [2.45, 2.75) is 25.8 Å². The number of halogens is 1. The third kappa shape index (κ3) is 4.17. The van der Waals surface area contributed by atoms with Crippen molar-refractivity contribution in [3.8, 4) is 0 Å². The highest BCUT2D eigenvalue weighted by atomic mass is 35.5. The van der Waals surface area contributed by atoms with Gasteiger partial charge in [0.25, 0.3) is 0 Å². The van der Waals surface area contributed by atoms with Crippen molar-refractivity contribution < 1.29 is 5.11 Å². The van der Waals surface area contributed by atoms with Gasteiger partial charge in [-0.25, -0.2) is 4.98 Å². The number of aliphatic hydroxyl groups is 1. The molecule has 1 aromatic heterocycles. The van der Waals surface area contributed by atoms with Crippen LogP contribution in [0.3, 0.4) is 0 Å². The average Bonchev–Trinajstić information content (AvgIpc) is 2.44. The summed E-state index contributed by atoms with van der Waals surface area (Å²) < 4.78 is 0. The molecule has 0 unspecified atom stereocenters. The third-order valence-electron chi connectivity index (χ3n) is 3.39. The lowest BCUT2D eigenvalue weighted by Crippen LogP contribution is -2.19. The average molecular weight is 293 g/mol. The number of fused-ring (bicyclic) bond motifs is 1. The molecular weight excluding hydrogens is 272 g/mol.